The van der Waals surface area contributed by atoms with E-state index in [1.54, 1.807) is 0 Å². The van der Waals surface area contributed by atoms with E-state index in [4.69, 9.17) is 4.42 Å². The van der Waals surface area contributed by atoms with E-state index < -0.39 is 0 Å². The van der Waals surface area contributed by atoms with Gasteiger partial charge in [0, 0.05) is 12.6 Å². The quantitative estimate of drug-likeness (QED) is 0.880. The fraction of sp³-hybridized carbons (Fsp3) is 0.538. The Balaban J connectivity index is 1.74. The number of fused-ring (bicyclic) bond motifs is 1. The second kappa shape index (κ2) is 5.46. The van der Waals surface area contributed by atoms with Crippen LogP contribution in [0.2, 0.25) is 0 Å². The maximum absolute atomic E-state index is 5.67. The Morgan fingerprint density at radius 1 is 1.47 bits per heavy atom. The van der Waals surface area contributed by atoms with Gasteiger partial charge >= 0.3 is 0 Å². The average Bonchev–Trinajstić information content (AvgIpc) is 2.80. The molecule has 0 bridgehead atoms. The van der Waals surface area contributed by atoms with E-state index in [9.17, 15) is 0 Å². The molecule has 6 heteroatoms. The number of hydrogen-bond donors (Lipinski definition) is 1. The molecule has 0 aliphatic carbocycles. The van der Waals surface area contributed by atoms with E-state index in [0.29, 0.717) is 23.3 Å². The predicted octanol–water partition coefficient (Wildman–Crippen LogP) is 2.88. The van der Waals surface area contributed by atoms with Gasteiger partial charge in [-0.25, -0.2) is 4.98 Å². The molecule has 0 amide bonds. The Bertz CT molecular complexity index is 571. The van der Waals surface area contributed by atoms with Gasteiger partial charge in [-0.1, -0.05) is 6.92 Å². The fourth-order valence-electron chi connectivity index (χ4n) is 2.49. The van der Waals surface area contributed by atoms with E-state index >= 15 is 0 Å². The Morgan fingerprint density at radius 3 is 3.21 bits per heavy atom. The molecule has 1 unspecified atom stereocenters. The summed E-state index contributed by atoms with van der Waals surface area (Å²) in [6.07, 6.45) is 2.38. The van der Waals surface area contributed by atoms with Crippen LogP contribution in [0.25, 0.3) is 11.2 Å². The van der Waals surface area contributed by atoms with E-state index in [-0.39, 0.29) is 0 Å². The number of nitrogens with zero attached hydrogens (tertiary/aromatic N) is 3. The monoisotopic (exact) mass is 324 g/mol. The van der Waals surface area contributed by atoms with Crippen LogP contribution in [-0.2, 0) is 0 Å². The maximum Gasteiger partial charge on any atom is 0.297 e. The smallest absolute Gasteiger partial charge is 0.297 e. The van der Waals surface area contributed by atoms with Crippen molar-refractivity contribution in [2.45, 2.75) is 25.8 Å². The molecule has 1 aliphatic rings. The van der Waals surface area contributed by atoms with Crippen molar-refractivity contribution in [3.63, 3.8) is 0 Å². The Labute approximate surface area is 120 Å². The summed E-state index contributed by atoms with van der Waals surface area (Å²) in [7, 11) is 0. The van der Waals surface area contributed by atoms with Crippen molar-refractivity contribution in [3.05, 3.63) is 16.7 Å². The van der Waals surface area contributed by atoms with Gasteiger partial charge in [-0.05, 0) is 54.0 Å². The molecule has 0 radical (unpaired) electrons. The molecule has 0 aromatic carbocycles. The Kier molecular flexibility index (Phi) is 3.70. The normalized spacial score (nSPS) is 20.8. The van der Waals surface area contributed by atoms with E-state index in [0.717, 1.165) is 24.1 Å². The molecular weight excluding hydrogens is 308 g/mol. The van der Waals surface area contributed by atoms with Crippen LogP contribution in [0.15, 0.2) is 21.2 Å². The van der Waals surface area contributed by atoms with E-state index in [1.165, 1.54) is 13.0 Å². The zero-order chi connectivity index (χ0) is 13.2. The summed E-state index contributed by atoms with van der Waals surface area (Å²) in [5, 5.41) is 3.38. The number of rotatable bonds is 3. The number of oxazole rings is 1. The van der Waals surface area contributed by atoms with Gasteiger partial charge in [0.25, 0.3) is 6.01 Å². The van der Waals surface area contributed by atoms with Gasteiger partial charge in [-0.2, -0.15) is 4.98 Å². The van der Waals surface area contributed by atoms with Crippen molar-refractivity contribution < 1.29 is 4.42 Å². The van der Waals surface area contributed by atoms with Crippen molar-refractivity contribution >= 4 is 33.2 Å². The van der Waals surface area contributed by atoms with Gasteiger partial charge in [-0.3, -0.25) is 0 Å². The lowest BCUT2D eigenvalue weighted by Crippen LogP contribution is -2.41. The lowest BCUT2D eigenvalue weighted by Gasteiger charge is -2.31. The first-order valence-electron chi connectivity index (χ1n) is 6.66. The van der Waals surface area contributed by atoms with E-state index in [2.05, 4.69) is 43.0 Å². The predicted molar refractivity (Wildman–Crippen MR) is 78.3 cm³/mol. The van der Waals surface area contributed by atoms with Crippen molar-refractivity contribution in [1.82, 2.24) is 14.9 Å². The second-order valence-corrected chi connectivity index (χ2v) is 5.66. The van der Waals surface area contributed by atoms with Crippen molar-refractivity contribution in [1.29, 1.82) is 0 Å². The van der Waals surface area contributed by atoms with Crippen LogP contribution in [0, 0.1) is 0 Å². The van der Waals surface area contributed by atoms with Gasteiger partial charge in [0.05, 0.1) is 0 Å². The number of likely N-dealkylation sites (N-methyl/N-ethyl adjacent to an activating group) is 1. The molecule has 2 aromatic heterocycles. The number of likely N-dealkylation sites (tertiary alicyclic amines) is 1. The lowest BCUT2D eigenvalue weighted by molar-refractivity contribution is 0.225. The highest BCUT2D eigenvalue weighted by atomic mass is 79.9. The third-order valence-electron chi connectivity index (χ3n) is 3.50. The second-order valence-electron chi connectivity index (χ2n) is 4.85. The highest BCUT2D eigenvalue weighted by molar-refractivity contribution is 9.10. The number of anilines is 1. The summed E-state index contributed by atoms with van der Waals surface area (Å²) in [5.74, 6) is 0. The number of halogens is 1. The molecule has 19 heavy (non-hydrogen) atoms. The molecule has 3 heterocycles. The molecule has 2 aromatic rings. The SMILES string of the molecule is CCN1CCCC(Nc2nc3nc(Br)ccc3o2)C1. The maximum atomic E-state index is 5.67. The third kappa shape index (κ3) is 2.90. The van der Waals surface area contributed by atoms with Crippen molar-refractivity contribution in [2.24, 2.45) is 0 Å². The third-order valence-corrected chi connectivity index (χ3v) is 3.94. The topological polar surface area (TPSA) is 54.2 Å². The van der Waals surface area contributed by atoms with Crippen molar-refractivity contribution in [2.75, 3.05) is 25.0 Å². The first-order valence-corrected chi connectivity index (χ1v) is 7.46. The number of nitrogens with one attached hydrogen (secondary N) is 1. The van der Waals surface area contributed by atoms with Crippen LogP contribution in [-0.4, -0.2) is 40.5 Å². The summed E-state index contributed by atoms with van der Waals surface area (Å²) in [6, 6.07) is 4.72. The standard InChI is InChI=1S/C13H17BrN4O/c1-2-18-7-3-4-9(8-18)15-13-17-12-10(19-13)5-6-11(14)16-12/h5-6,9H,2-4,7-8H2,1H3,(H,15,16,17). The molecule has 0 saturated carbocycles. The van der Waals surface area contributed by atoms with Crippen LogP contribution < -0.4 is 5.32 Å². The van der Waals surface area contributed by atoms with E-state index in [1.807, 2.05) is 12.1 Å². The molecule has 1 fully saturated rings. The van der Waals surface area contributed by atoms with Crippen molar-refractivity contribution in [3.8, 4) is 0 Å². The van der Waals surface area contributed by atoms with Crippen LogP contribution in [0.5, 0.6) is 0 Å². The molecule has 102 valence electrons. The molecule has 5 nitrogen and oxygen atoms in total. The van der Waals surface area contributed by atoms with Crippen LogP contribution in [0.4, 0.5) is 6.01 Å². The minimum atomic E-state index is 0.408. The summed E-state index contributed by atoms with van der Waals surface area (Å²) in [6.45, 7) is 5.53. The van der Waals surface area contributed by atoms with Crippen LogP contribution in [0.1, 0.15) is 19.8 Å². The molecule has 1 N–H and O–H groups in total. The van der Waals surface area contributed by atoms with Crippen LogP contribution >= 0.6 is 15.9 Å². The summed E-state index contributed by atoms with van der Waals surface area (Å²) in [4.78, 5) is 11.1. The van der Waals surface area contributed by atoms with Gasteiger partial charge in [-0.15, -0.1) is 0 Å². The fourth-order valence-corrected chi connectivity index (χ4v) is 2.79. The Morgan fingerprint density at radius 2 is 2.37 bits per heavy atom. The summed E-state index contributed by atoms with van der Waals surface area (Å²) in [5.41, 5.74) is 1.36. The first-order chi connectivity index (χ1) is 9.24. The summed E-state index contributed by atoms with van der Waals surface area (Å²) < 4.78 is 6.44. The largest absolute Gasteiger partial charge is 0.422 e. The minimum absolute atomic E-state index is 0.408. The number of aromatic nitrogens is 2. The average molecular weight is 325 g/mol. The highest BCUT2D eigenvalue weighted by Crippen LogP contribution is 2.21. The first kappa shape index (κ1) is 12.9. The zero-order valence-electron chi connectivity index (χ0n) is 10.9. The molecule has 1 saturated heterocycles. The zero-order valence-corrected chi connectivity index (χ0v) is 12.5. The van der Waals surface area contributed by atoms with Gasteiger partial charge < -0.3 is 14.6 Å². The highest BCUT2D eigenvalue weighted by Gasteiger charge is 2.20. The van der Waals surface area contributed by atoms with Gasteiger partial charge in [0.2, 0.25) is 5.65 Å². The lowest BCUT2D eigenvalue weighted by atomic mass is 10.1. The van der Waals surface area contributed by atoms with Crippen LogP contribution in [0.3, 0.4) is 0 Å². The number of pyridine rings is 1. The van der Waals surface area contributed by atoms with Gasteiger partial charge in [0.15, 0.2) is 5.58 Å². The molecule has 0 spiro atoms. The minimum Gasteiger partial charge on any atom is -0.422 e. The molecule has 1 atom stereocenters. The molecular formula is C13H17BrN4O. The Hall–Kier alpha value is -1.14. The summed E-state index contributed by atoms with van der Waals surface area (Å²) >= 11 is 3.34. The van der Waals surface area contributed by atoms with Gasteiger partial charge in [0.1, 0.15) is 4.60 Å². The molecule has 1 aliphatic heterocycles. The molecule has 3 rings (SSSR count). The number of hydrogen-bond acceptors (Lipinski definition) is 5. The number of piperidine rings is 1.